The second-order valence-electron chi connectivity index (χ2n) is 5.86. The average Bonchev–Trinajstić information content (AvgIpc) is 3.03. The van der Waals surface area contributed by atoms with Gasteiger partial charge in [-0.1, -0.05) is 12.1 Å². The quantitative estimate of drug-likeness (QED) is 0.636. The second-order valence-corrected chi connectivity index (χ2v) is 8.29. The Morgan fingerprint density at radius 2 is 2.17 bits per heavy atom. The topological polar surface area (TPSA) is 28.2 Å². The average molecular weight is 366 g/mol. The van der Waals surface area contributed by atoms with Crippen LogP contribution in [0.25, 0.3) is 10.2 Å². The van der Waals surface area contributed by atoms with Crippen molar-refractivity contribution in [2.24, 2.45) is 0 Å². The van der Waals surface area contributed by atoms with Crippen molar-refractivity contribution in [2.45, 2.75) is 25.2 Å². The first-order valence-corrected chi connectivity index (χ1v) is 10.8. The van der Waals surface area contributed by atoms with Gasteiger partial charge in [-0.15, -0.1) is 11.3 Å². The summed E-state index contributed by atoms with van der Waals surface area (Å²) in [6.45, 7) is 3.06. The second kappa shape index (κ2) is 8.31. The predicted octanol–water partition coefficient (Wildman–Crippen LogP) is 4.10. The molecule has 1 aromatic carbocycles. The summed E-state index contributed by atoms with van der Waals surface area (Å²) >= 11 is 9.26. The third-order valence-electron chi connectivity index (χ3n) is 4.24. The van der Waals surface area contributed by atoms with Crippen LogP contribution in [0.4, 0.5) is 0 Å². The van der Waals surface area contributed by atoms with E-state index in [1.165, 1.54) is 21.9 Å². The van der Waals surface area contributed by atoms with Gasteiger partial charge in [-0.2, -0.15) is 11.8 Å². The van der Waals surface area contributed by atoms with E-state index >= 15 is 0 Å². The normalized spacial score (nSPS) is 16.0. The summed E-state index contributed by atoms with van der Waals surface area (Å²) in [6.07, 6.45) is 5.60. The molecule has 0 saturated carbocycles. The highest BCUT2D eigenvalue weighted by Crippen LogP contribution is 2.33. The lowest BCUT2D eigenvalue weighted by molar-refractivity contribution is 0.309. The van der Waals surface area contributed by atoms with E-state index in [9.17, 15) is 0 Å². The fourth-order valence-corrected chi connectivity index (χ4v) is 4.77. The van der Waals surface area contributed by atoms with Gasteiger partial charge in [0.25, 0.3) is 0 Å². The molecule has 0 unspecified atom stereocenters. The van der Waals surface area contributed by atoms with Gasteiger partial charge in [0.15, 0.2) is 5.11 Å². The molecule has 1 aliphatic heterocycles. The first-order valence-electron chi connectivity index (χ1n) is 8.15. The first-order chi connectivity index (χ1) is 11.3. The van der Waals surface area contributed by atoms with Gasteiger partial charge in [-0.05, 0) is 55.6 Å². The fourth-order valence-electron chi connectivity index (χ4n) is 2.92. The maximum Gasteiger partial charge on any atom is 0.168 e. The Morgan fingerprint density at radius 1 is 1.39 bits per heavy atom. The van der Waals surface area contributed by atoms with Gasteiger partial charge in [0.05, 0.1) is 15.2 Å². The van der Waals surface area contributed by atoms with E-state index < -0.39 is 0 Å². The molecule has 1 N–H and O–H groups in total. The van der Waals surface area contributed by atoms with Crippen LogP contribution in [0.5, 0.6) is 0 Å². The van der Waals surface area contributed by atoms with Crippen LogP contribution in [0.15, 0.2) is 24.3 Å². The molecule has 0 spiro atoms. The Hall–Kier alpha value is -0.850. The van der Waals surface area contributed by atoms with E-state index in [1.54, 1.807) is 0 Å². The van der Waals surface area contributed by atoms with Crippen molar-refractivity contribution in [2.75, 3.05) is 31.6 Å². The summed E-state index contributed by atoms with van der Waals surface area (Å²) < 4.78 is 1.30. The largest absolute Gasteiger partial charge is 0.363 e. The SMILES string of the molecule is CSCCCNC(=S)N1CCC(c2nc3ccccc3s2)CC1. The molecule has 3 nitrogen and oxygen atoms in total. The van der Waals surface area contributed by atoms with Crippen molar-refractivity contribution in [3.8, 4) is 0 Å². The Morgan fingerprint density at radius 3 is 2.91 bits per heavy atom. The Bertz CT molecular complexity index is 614. The number of rotatable bonds is 5. The van der Waals surface area contributed by atoms with Gasteiger partial charge in [-0.3, -0.25) is 0 Å². The highest BCUT2D eigenvalue weighted by Gasteiger charge is 2.24. The molecule has 3 rings (SSSR count). The van der Waals surface area contributed by atoms with Crippen molar-refractivity contribution in [3.63, 3.8) is 0 Å². The molecule has 124 valence electrons. The minimum Gasteiger partial charge on any atom is -0.363 e. The zero-order valence-corrected chi connectivity index (χ0v) is 15.9. The number of benzene rings is 1. The summed E-state index contributed by atoms with van der Waals surface area (Å²) in [7, 11) is 0. The van der Waals surface area contributed by atoms with E-state index in [-0.39, 0.29) is 0 Å². The van der Waals surface area contributed by atoms with Crippen LogP contribution >= 0.6 is 35.3 Å². The van der Waals surface area contributed by atoms with Crippen LogP contribution < -0.4 is 5.32 Å². The maximum atomic E-state index is 5.53. The van der Waals surface area contributed by atoms with Crippen molar-refractivity contribution in [1.29, 1.82) is 0 Å². The molecule has 0 amide bonds. The number of hydrogen-bond donors (Lipinski definition) is 1. The van der Waals surface area contributed by atoms with Crippen LogP contribution in [0.1, 0.15) is 30.2 Å². The third kappa shape index (κ3) is 4.37. The zero-order chi connectivity index (χ0) is 16.1. The monoisotopic (exact) mass is 365 g/mol. The van der Waals surface area contributed by atoms with Crippen molar-refractivity contribution >= 4 is 50.6 Å². The molecular weight excluding hydrogens is 342 g/mol. The Labute approximate surface area is 151 Å². The van der Waals surface area contributed by atoms with Crippen molar-refractivity contribution < 1.29 is 0 Å². The summed E-state index contributed by atoms with van der Waals surface area (Å²) in [4.78, 5) is 7.14. The summed E-state index contributed by atoms with van der Waals surface area (Å²) in [5.41, 5.74) is 1.14. The number of fused-ring (bicyclic) bond motifs is 1. The molecule has 6 heteroatoms. The molecule has 0 aliphatic carbocycles. The highest BCUT2D eigenvalue weighted by atomic mass is 32.2. The maximum absolute atomic E-state index is 5.53. The molecule has 2 heterocycles. The van der Waals surface area contributed by atoms with Crippen molar-refractivity contribution in [1.82, 2.24) is 15.2 Å². The van der Waals surface area contributed by atoms with E-state index in [4.69, 9.17) is 17.2 Å². The number of nitrogens with zero attached hydrogens (tertiary/aromatic N) is 2. The fraction of sp³-hybridized carbons (Fsp3) is 0.529. The number of hydrogen-bond acceptors (Lipinski definition) is 4. The molecular formula is C17H23N3S3. The lowest BCUT2D eigenvalue weighted by atomic mass is 9.98. The molecule has 1 saturated heterocycles. The summed E-state index contributed by atoms with van der Waals surface area (Å²) in [5.74, 6) is 1.78. The van der Waals surface area contributed by atoms with Crippen LogP contribution in [0, 0.1) is 0 Å². The minimum atomic E-state index is 0.586. The number of aromatic nitrogens is 1. The predicted molar refractivity (Wildman–Crippen MR) is 107 cm³/mol. The number of thiazole rings is 1. The minimum absolute atomic E-state index is 0.586. The van der Waals surface area contributed by atoms with Crippen molar-refractivity contribution in [3.05, 3.63) is 29.3 Å². The molecule has 23 heavy (non-hydrogen) atoms. The molecule has 0 bridgehead atoms. The van der Waals surface area contributed by atoms with E-state index in [0.717, 1.165) is 43.1 Å². The van der Waals surface area contributed by atoms with Gasteiger partial charge in [-0.25, -0.2) is 4.98 Å². The number of piperidine rings is 1. The molecule has 0 atom stereocenters. The highest BCUT2D eigenvalue weighted by molar-refractivity contribution is 7.98. The van der Waals surface area contributed by atoms with Gasteiger partial charge < -0.3 is 10.2 Å². The number of para-hydroxylation sites is 1. The van der Waals surface area contributed by atoms with E-state index in [1.807, 2.05) is 23.1 Å². The van der Waals surface area contributed by atoms with Crippen LogP contribution in [0.3, 0.4) is 0 Å². The number of thiocarbonyl (C=S) groups is 1. The molecule has 2 aromatic rings. The smallest absolute Gasteiger partial charge is 0.168 e. The Kier molecular flexibility index (Phi) is 6.14. The van der Waals surface area contributed by atoms with Crippen LogP contribution in [-0.2, 0) is 0 Å². The lowest BCUT2D eigenvalue weighted by Crippen LogP contribution is -2.44. The first kappa shape index (κ1) is 17.0. The third-order valence-corrected chi connectivity index (χ3v) is 6.54. The van der Waals surface area contributed by atoms with Gasteiger partial charge in [0.1, 0.15) is 0 Å². The number of nitrogens with one attached hydrogen (secondary N) is 1. The standard InChI is InChI=1S/C17H23N3S3/c1-22-12-4-9-18-17(21)20-10-7-13(8-11-20)16-19-14-5-2-3-6-15(14)23-16/h2-3,5-6,13H,4,7-12H2,1H3,(H,18,21). The number of thioether (sulfide) groups is 1. The van der Waals surface area contributed by atoms with E-state index in [0.29, 0.717) is 5.92 Å². The molecule has 1 fully saturated rings. The molecule has 0 radical (unpaired) electrons. The Balaban J connectivity index is 1.50. The molecule has 1 aliphatic rings. The number of likely N-dealkylation sites (tertiary alicyclic amines) is 1. The van der Waals surface area contributed by atoms with Gasteiger partial charge in [0.2, 0.25) is 0 Å². The van der Waals surface area contributed by atoms with Gasteiger partial charge in [0, 0.05) is 25.6 Å². The zero-order valence-electron chi connectivity index (χ0n) is 13.5. The van der Waals surface area contributed by atoms with Gasteiger partial charge >= 0.3 is 0 Å². The van der Waals surface area contributed by atoms with Crippen LogP contribution in [0.2, 0.25) is 0 Å². The summed E-state index contributed by atoms with van der Waals surface area (Å²) in [6, 6.07) is 8.43. The van der Waals surface area contributed by atoms with Crippen LogP contribution in [-0.4, -0.2) is 46.6 Å². The van der Waals surface area contributed by atoms with E-state index in [2.05, 4.69) is 40.7 Å². The lowest BCUT2D eigenvalue weighted by Gasteiger charge is -2.33. The summed E-state index contributed by atoms with van der Waals surface area (Å²) in [5, 5.41) is 5.62. The molecule has 1 aromatic heterocycles.